The first-order chi connectivity index (χ1) is 10.3. The number of fused-ring (bicyclic) bond motifs is 1. The Hall–Kier alpha value is -2.36. The Morgan fingerprint density at radius 3 is 3.14 bits per heavy atom. The van der Waals surface area contributed by atoms with Crippen molar-refractivity contribution in [3.05, 3.63) is 53.2 Å². The van der Waals surface area contributed by atoms with Crippen LogP contribution in [-0.4, -0.2) is 24.5 Å². The maximum atomic E-state index is 12.3. The van der Waals surface area contributed by atoms with Crippen molar-refractivity contribution >= 4 is 5.78 Å². The lowest BCUT2D eigenvalue weighted by Gasteiger charge is -2.07. The molecular formula is C17H17NO3. The average molecular weight is 283 g/mol. The molecule has 0 saturated carbocycles. The molecule has 0 bridgehead atoms. The summed E-state index contributed by atoms with van der Waals surface area (Å²) in [5.41, 5.74) is 2.94. The molecule has 0 amide bonds. The molecule has 0 saturated heterocycles. The van der Waals surface area contributed by atoms with Gasteiger partial charge >= 0.3 is 0 Å². The van der Waals surface area contributed by atoms with Crippen LogP contribution in [0.25, 0.3) is 0 Å². The molecule has 0 radical (unpaired) electrons. The Balaban J connectivity index is 1.68. The Kier molecular flexibility index (Phi) is 3.86. The number of aryl methyl sites for hydroxylation is 1. The van der Waals surface area contributed by atoms with Crippen LogP contribution in [0.15, 0.2) is 36.5 Å². The smallest absolute Gasteiger partial charge is 0.224 e. The second-order valence-electron chi connectivity index (χ2n) is 5.02. The SMILES string of the molecule is COc1ncccc1C(=O)CCc1ccc2c(c1)CCO2. The number of benzene rings is 1. The van der Waals surface area contributed by atoms with Crippen LogP contribution in [0.2, 0.25) is 0 Å². The topological polar surface area (TPSA) is 48.4 Å². The number of nitrogens with zero attached hydrogens (tertiary/aromatic N) is 1. The van der Waals surface area contributed by atoms with E-state index in [1.165, 1.54) is 12.7 Å². The molecule has 2 heterocycles. The lowest BCUT2D eigenvalue weighted by Crippen LogP contribution is -2.05. The summed E-state index contributed by atoms with van der Waals surface area (Å²) >= 11 is 0. The van der Waals surface area contributed by atoms with Crippen LogP contribution in [0, 0.1) is 0 Å². The van der Waals surface area contributed by atoms with Crippen molar-refractivity contribution in [2.75, 3.05) is 13.7 Å². The maximum absolute atomic E-state index is 12.3. The predicted molar refractivity (Wildman–Crippen MR) is 79.1 cm³/mol. The number of methoxy groups -OCH3 is 1. The Labute approximate surface area is 123 Å². The van der Waals surface area contributed by atoms with E-state index in [1.54, 1.807) is 18.3 Å². The van der Waals surface area contributed by atoms with Gasteiger partial charge in [-0.15, -0.1) is 0 Å². The highest BCUT2D eigenvalue weighted by Gasteiger charge is 2.15. The molecule has 2 aromatic rings. The van der Waals surface area contributed by atoms with Crippen molar-refractivity contribution in [3.63, 3.8) is 0 Å². The van der Waals surface area contributed by atoms with Gasteiger partial charge in [0.15, 0.2) is 5.78 Å². The van der Waals surface area contributed by atoms with Crippen LogP contribution >= 0.6 is 0 Å². The zero-order valence-electron chi connectivity index (χ0n) is 12.0. The summed E-state index contributed by atoms with van der Waals surface area (Å²) in [6, 6.07) is 9.66. The van der Waals surface area contributed by atoms with Gasteiger partial charge in [-0.3, -0.25) is 4.79 Å². The number of carbonyl (C=O) groups excluding carboxylic acids is 1. The molecule has 0 spiro atoms. The third-order valence-corrected chi connectivity index (χ3v) is 3.66. The van der Waals surface area contributed by atoms with Crippen molar-refractivity contribution in [1.29, 1.82) is 0 Å². The number of rotatable bonds is 5. The molecule has 1 aliphatic heterocycles. The molecule has 0 atom stereocenters. The summed E-state index contributed by atoms with van der Waals surface area (Å²) < 4.78 is 10.6. The number of Topliss-reactive ketones (excluding diaryl/α,β-unsaturated/α-hetero) is 1. The molecule has 1 aromatic carbocycles. The molecule has 1 aromatic heterocycles. The second kappa shape index (κ2) is 5.95. The van der Waals surface area contributed by atoms with E-state index in [1.807, 2.05) is 12.1 Å². The van der Waals surface area contributed by atoms with Crippen LogP contribution in [0.5, 0.6) is 11.6 Å². The zero-order valence-corrected chi connectivity index (χ0v) is 12.0. The van der Waals surface area contributed by atoms with Crippen LogP contribution in [-0.2, 0) is 12.8 Å². The number of pyridine rings is 1. The minimum Gasteiger partial charge on any atom is -0.493 e. The van der Waals surface area contributed by atoms with Crippen LogP contribution in [0.4, 0.5) is 0 Å². The first-order valence-electron chi connectivity index (χ1n) is 7.05. The van der Waals surface area contributed by atoms with Crippen LogP contribution in [0.3, 0.4) is 0 Å². The van der Waals surface area contributed by atoms with Gasteiger partial charge in [0.25, 0.3) is 0 Å². The Bertz CT molecular complexity index is 667. The van der Waals surface area contributed by atoms with E-state index in [-0.39, 0.29) is 5.78 Å². The van der Waals surface area contributed by atoms with E-state index in [0.29, 0.717) is 24.3 Å². The highest BCUT2D eigenvalue weighted by molar-refractivity contribution is 5.98. The average Bonchev–Trinajstić information content (AvgIpc) is 3.00. The van der Waals surface area contributed by atoms with Gasteiger partial charge in [0.1, 0.15) is 5.75 Å². The first kappa shape index (κ1) is 13.6. The summed E-state index contributed by atoms with van der Waals surface area (Å²) in [6.07, 6.45) is 3.73. The number of aromatic nitrogens is 1. The lowest BCUT2D eigenvalue weighted by molar-refractivity contribution is 0.0979. The fourth-order valence-corrected chi connectivity index (χ4v) is 2.55. The van der Waals surface area contributed by atoms with Gasteiger partial charge in [-0.2, -0.15) is 0 Å². The van der Waals surface area contributed by atoms with E-state index >= 15 is 0 Å². The predicted octanol–water partition coefficient (Wildman–Crippen LogP) is 2.84. The maximum Gasteiger partial charge on any atom is 0.224 e. The molecule has 0 N–H and O–H groups in total. The molecule has 21 heavy (non-hydrogen) atoms. The quantitative estimate of drug-likeness (QED) is 0.792. The molecule has 4 nitrogen and oxygen atoms in total. The summed E-state index contributed by atoms with van der Waals surface area (Å²) in [4.78, 5) is 16.3. The summed E-state index contributed by atoms with van der Waals surface area (Å²) in [6.45, 7) is 0.755. The van der Waals surface area contributed by atoms with Crippen molar-refractivity contribution in [2.24, 2.45) is 0 Å². The van der Waals surface area contributed by atoms with E-state index in [0.717, 1.165) is 24.3 Å². The van der Waals surface area contributed by atoms with Gasteiger partial charge in [0.05, 0.1) is 19.3 Å². The van der Waals surface area contributed by atoms with Crippen molar-refractivity contribution in [2.45, 2.75) is 19.3 Å². The van der Waals surface area contributed by atoms with Crippen molar-refractivity contribution < 1.29 is 14.3 Å². The van der Waals surface area contributed by atoms with Gasteiger partial charge < -0.3 is 9.47 Å². The van der Waals surface area contributed by atoms with Gasteiger partial charge in [0, 0.05) is 19.0 Å². The Morgan fingerprint density at radius 1 is 1.38 bits per heavy atom. The normalized spacial score (nSPS) is 12.6. The fraction of sp³-hybridized carbons (Fsp3) is 0.294. The summed E-state index contributed by atoms with van der Waals surface area (Å²) in [7, 11) is 1.53. The van der Waals surface area contributed by atoms with E-state index in [9.17, 15) is 4.79 Å². The second-order valence-corrected chi connectivity index (χ2v) is 5.02. The van der Waals surface area contributed by atoms with Gasteiger partial charge in [-0.1, -0.05) is 12.1 Å². The fourth-order valence-electron chi connectivity index (χ4n) is 2.55. The Morgan fingerprint density at radius 2 is 2.29 bits per heavy atom. The van der Waals surface area contributed by atoms with E-state index in [4.69, 9.17) is 9.47 Å². The third kappa shape index (κ3) is 2.89. The number of hydrogen-bond donors (Lipinski definition) is 0. The molecule has 3 rings (SSSR count). The van der Waals surface area contributed by atoms with Crippen LogP contribution < -0.4 is 9.47 Å². The molecule has 1 aliphatic rings. The monoisotopic (exact) mass is 283 g/mol. The van der Waals surface area contributed by atoms with Crippen molar-refractivity contribution in [1.82, 2.24) is 4.98 Å². The van der Waals surface area contributed by atoms with Crippen molar-refractivity contribution in [3.8, 4) is 11.6 Å². The minimum atomic E-state index is 0.0525. The van der Waals surface area contributed by atoms with Gasteiger partial charge in [-0.05, 0) is 35.7 Å². The summed E-state index contributed by atoms with van der Waals surface area (Å²) in [5.74, 6) is 1.42. The third-order valence-electron chi connectivity index (χ3n) is 3.66. The van der Waals surface area contributed by atoms with Gasteiger partial charge in [0.2, 0.25) is 5.88 Å². The lowest BCUT2D eigenvalue weighted by atomic mass is 10.0. The van der Waals surface area contributed by atoms with E-state index < -0.39 is 0 Å². The first-order valence-corrected chi connectivity index (χ1v) is 7.05. The summed E-state index contributed by atoms with van der Waals surface area (Å²) in [5, 5.41) is 0. The number of hydrogen-bond acceptors (Lipinski definition) is 4. The number of ketones is 1. The number of ether oxygens (including phenoxy) is 2. The zero-order chi connectivity index (χ0) is 14.7. The van der Waals surface area contributed by atoms with E-state index in [2.05, 4.69) is 11.1 Å². The molecule has 108 valence electrons. The molecule has 0 fully saturated rings. The molecule has 4 heteroatoms. The molecule has 0 unspecified atom stereocenters. The molecule has 0 aliphatic carbocycles. The minimum absolute atomic E-state index is 0.0525. The molecular weight excluding hydrogens is 266 g/mol. The van der Waals surface area contributed by atoms with Crippen LogP contribution in [0.1, 0.15) is 27.9 Å². The number of carbonyl (C=O) groups is 1. The van der Waals surface area contributed by atoms with Gasteiger partial charge in [-0.25, -0.2) is 4.98 Å². The largest absolute Gasteiger partial charge is 0.493 e. The standard InChI is InChI=1S/C17H17NO3/c1-20-17-14(3-2-9-18-17)15(19)6-4-12-5-7-16-13(11-12)8-10-21-16/h2-3,5,7,9,11H,4,6,8,10H2,1H3. The highest BCUT2D eigenvalue weighted by Crippen LogP contribution is 2.26. The highest BCUT2D eigenvalue weighted by atomic mass is 16.5.